The van der Waals surface area contributed by atoms with Gasteiger partial charge in [-0.05, 0) is 43.5 Å². The second kappa shape index (κ2) is 8.48. The molecule has 2 N–H and O–H groups in total. The predicted octanol–water partition coefficient (Wildman–Crippen LogP) is 3.52. The third kappa shape index (κ3) is 5.19. The maximum absolute atomic E-state index is 12.2. The van der Waals surface area contributed by atoms with Gasteiger partial charge in [-0.15, -0.1) is 0 Å². The Labute approximate surface area is 147 Å². The summed E-state index contributed by atoms with van der Waals surface area (Å²) in [4.78, 5) is 16.2. The molecule has 2 aromatic rings. The quantitative estimate of drug-likeness (QED) is 0.843. The summed E-state index contributed by atoms with van der Waals surface area (Å²) in [5.74, 6) is 0.716. The first-order valence-electron chi connectivity index (χ1n) is 8.52. The van der Waals surface area contributed by atoms with Gasteiger partial charge in [-0.3, -0.25) is 4.98 Å². The lowest BCUT2D eigenvalue weighted by Gasteiger charge is -2.15. The number of nitrogens with one attached hydrogen (secondary N) is 2. The number of pyridine rings is 1. The van der Waals surface area contributed by atoms with Crippen molar-refractivity contribution >= 4 is 11.7 Å². The highest BCUT2D eigenvalue weighted by Gasteiger charge is 2.16. The Kier molecular flexibility index (Phi) is 5.85. The molecule has 6 nitrogen and oxygen atoms in total. The van der Waals surface area contributed by atoms with Crippen molar-refractivity contribution in [3.05, 3.63) is 54.4 Å². The summed E-state index contributed by atoms with van der Waals surface area (Å²) in [6, 6.07) is 10.7. The van der Waals surface area contributed by atoms with Gasteiger partial charge in [-0.2, -0.15) is 0 Å². The number of carbonyl (C=O) groups is 1. The second-order valence-electron chi connectivity index (χ2n) is 6.08. The van der Waals surface area contributed by atoms with Crippen LogP contribution in [0.5, 0.6) is 5.75 Å². The van der Waals surface area contributed by atoms with Crippen molar-refractivity contribution in [3.63, 3.8) is 0 Å². The van der Waals surface area contributed by atoms with Crippen LogP contribution in [0.2, 0.25) is 0 Å². The smallest absolute Gasteiger partial charge is 0.319 e. The molecule has 2 atom stereocenters. The van der Waals surface area contributed by atoms with Crippen molar-refractivity contribution in [2.45, 2.75) is 31.9 Å². The fraction of sp³-hybridized carbons (Fsp3) is 0.368. The first kappa shape index (κ1) is 17.2. The minimum Gasteiger partial charge on any atom is -0.491 e. The molecule has 0 bridgehead atoms. The van der Waals surface area contributed by atoms with E-state index in [0.29, 0.717) is 18.0 Å². The Morgan fingerprint density at radius 3 is 3.08 bits per heavy atom. The van der Waals surface area contributed by atoms with E-state index in [2.05, 4.69) is 15.6 Å². The van der Waals surface area contributed by atoms with Gasteiger partial charge in [-0.25, -0.2) is 4.79 Å². The maximum atomic E-state index is 12.2. The highest BCUT2D eigenvalue weighted by molar-refractivity contribution is 5.89. The average Bonchev–Trinajstić information content (AvgIpc) is 3.14. The highest BCUT2D eigenvalue weighted by atomic mass is 16.5. The fourth-order valence-corrected chi connectivity index (χ4v) is 2.71. The maximum Gasteiger partial charge on any atom is 0.319 e. The van der Waals surface area contributed by atoms with Gasteiger partial charge in [0.25, 0.3) is 0 Å². The Hall–Kier alpha value is -2.60. The number of aromatic nitrogens is 1. The Bertz CT molecular complexity index is 687. The van der Waals surface area contributed by atoms with Gasteiger partial charge in [0.05, 0.1) is 12.1 Å². The molecule has 2 amide bonds. The third-order valence-electron chi connectivity index (χ3n) is 4.08. The van der Waals surface area contributed by atoms with Crippen LogP contribution < -0.4 is 15.4 Å². The predicted molar refractivity (Wildman–Crippen MR) is 95.7 cm³/mol. The minimum absolute atomic E-state index is 0.132. The van der Waals surface area contributed by atoms with Crippen molar-refractivity contribution in [1.82, 2.24) is 10.3 Å². The molecule has 0 radical (unpaired) electrons. The number of urea groups is 1. The van der Waals surface area contributed by atoms with Crippen LogP contribution in [-0.4, -0.2) is 30.3 Å². The van der Waals surface area contributed by atoms with Crippen LogP contribution in [0, 0.1) is 0 Å². The van der Waals surface area contributed by atoms with Crippen molar-refractivity contribution in [2.24, 2.45) is 0 Å². The molecule has 0 aliphatic carbocycles. The highest BCUT2D eigenvalue weighted by Crippen LogP contribution is 2.20. The Morgan fingerprint density at radius 1 is 1.40 bits per heavy atom. The molecule has 3 rings (SSSR count). The van der Waals surface area contributed by atoms with Gasteiger partial charge in [0.2, 0.25) is 0 Å². The number of rotatable bonds is 6. The molecule has 1 saturated heterocycles. The number of nitrogens with zero attached hydrogens (tertiary/aromatic N) is 1. The number of ether oxygens (including phenoxy) is 2. The summed E-state index contributed by atoms with van der Waals surface area (Å²) in [5, 5.41) is 5.72. The summed E-state index contributed by atoms with van der Waals surface area (Å²) in [7, 11) is 0. The molecule has 0 spiro atoms. The molecule has 0 unspecified atom stereocenters. The first-order valence-corrected chi connectivity index (χ1v) is 8.52. The van der Waals surface area contributed by atoms with E-state index in [1.54, 1.807) is 12.4 Å². The topological polar surface area (TPSA) is 72.5 Å². The van der Waals surface area contributed by atoms with E-state index in [9.17, 15) is 4.79 Å². The molecule has 132 valence electrons. The van der Waals surface area contributed by atoms with Crippen LogP contribution in [0.15, 0.2) is 48.8 Å². The molecular weight excluding hydrogens is 318 g/mol. The Balaban J connectivity index is 1.51. The number of anilines is 1. The molecular formula is C19H23N3O3. The molecule has 0 saturated carbocycles. The molecule has 25 heavy (non-hydrogen) atoms. The summed E-state index contributed by atoms with van der Waals surface area (Å²) in [6.45, 7) is 3.26. The van der Waals surface area contributed by atoms with E-state index >= 15 is 0 Å². The minimum atomic E-state index is -0.271. The van der Waals surface area contributed by atoms with Crippen molar-refractivity contribution in [2.75, 3.05) is 18.5 Å². The zero-order valence-electron chi connectivity index (χ0n) is 14.3. The Morgan fingerprint density at radius 2 is 2.32 bits per heavy atom. The van der Waals surface area contributed by atoms with Crippen LogP contribution in [-0.2, 0) is 4.74 Å². The summed E-state index contributed by atoms with van der Waals surface area (Å²) < 4.78 is 11.3. The molecule has 1 aliphatic heterocycles. The number of hydrogen-bond donors (Lipinski definition) is 2. The van der Waals surface area contributed by atoms with Gasteiger partial charge >= 0.3 is 6.03 Å². The molecule has 1 fully saturated rings. The van der Waals surface area contributed by atoms with Crippen molar-refractivity contribution in [1.29, 1.82) is 0 Å². The van der Waals surface area contributed by atoms with Crippen LogP contribution in [0.25, 0.3) is 0 Å². The van der Waals surface area contributed by atoms with E-state index in [0.717, 1.165) is 25.0 Å². The van der Waals surface area contributed by atoms with E-state index in [4.69, 9.17) is 9.47 Å². The zero-order chi connectivity index (χ0) is 17.5. The van der Waals surface area contributed by atoms with Crippen molar-refractivity contribution in [3.8, 4) is 5.75 Å². The number of carbonyl (C=O) groups excluding carboxylic acids is 1. The van der Waals surface area contributed by atoms with Gasteiger partial charge in [0.15, 0.2) is 0 Å². The lowest BCUT2D eigenvalue weighted by atomic mass is 10.1. The molecule has 1 aliphatic rings. The summed E-state index contributed by atoms with van der Waals surface area (Å²) in [5.41, 5.74) is 1.63. The second-order valence-corrected chi connectivity index (χ2v) is 6.08. The van der Waals surface area contributed by atoms with Gasteiger partial charge in [0.1, 0.15) is 12.4 Å². The largest absolute Gasteiger partial charge is 0.491 e. The van der Waals surface area contributed by atoms with Gasteiger partial charge < -0.3 is 20.1 Å². The van der Waals surface area contributed by atoms with Gasteiger partial charge in [0, 0.05) is 30.8 Å². The van der Waals surface area contributed by atoms with E-state index in [1.165, 1.54) is 0 Å². The van der Waals surface area contributed by atoms with Crippen LogP contribution in [0.3, 0.4) is 0 Å². The molecule has 1 aromatic heterocycles. The van der Waals surface area contributed by atoms with Gasteiger partial charge in [-0.1, -0.05) is 12.1 Å². The normalized spacial score (nSPS) is 17.7. The lowest BCUT2D eigenvalue weighted by molar-refractivity contribution is 0.0680. The van der Waals surface area contributed by atoms with Crippen LogP contribution >= 0.6 is 0 Å². The standard InChI is InChI=1S/C19H23N3O3/c1-14(15-5-3-9-20-12-15)21-19(23)22-16-6-2-7-17(11-16)25-13-18-8-4-10-24-18/h2-3,5-7,9,11-12,14,18H,4,8,10,13H2,1H3,(H2,21,22,23)/t14-,18-/m0/s1. The van der Waals surface area contributed by atoms with Crippen LogP contribution in [0.1, 0.15) is 31.4 Å². The number of benzene rings is 1. The number of hydrogen-bond acceptors (Lipinski definition) is 4. The zero-order valence-corrected chi connectivity index (χ0v) is 14.3. The summed E-state index contributed by atoms with van der Waals surface area (Å²) in [6.07, 6.45) is 5.74. The summed E-state index contributed by atoms with van der Waals surface area (Å²) >= 11 is 0. The third-order valence-corrected chi connectivity index (χ3v) is 4.08. The monoisotopic (exact) mass is 341 g/mol. The van der Waals surface area contributed by atoms with E-state index in [-0.39, 0.29) is 18.2 Å². The van der Waals surface area contributed by atoms with Crippen LogP contribution in [0.4, 0.5) is 10.5 Å². The van der Waals surface area contributed by atoms with E-state index in [1.807, 2.05) is 43.3 Å². The lowest BCUT2D eigenvalue weighted by Crippen LogP contribution is -2.31. The first-order chi connectivity index (χ1) is 12.2. The number of amides is 2. The average molecular weight is 341 g/mol. The van der Waals surface area contributed by atoms with E-state index < -0.39 is 0 Å². The molecule has 6 heteroatoms. The molecule has 2 heterocycles. The SMILES string of the molecule is C[C@H](NC(=O)Nc1cccc(OC[C@@H]2CCCO2)c1)c1cccnc1. The molecule has 1 aromatic carbocycles. The van der Waals surface area contributed by atoms with Crippen molar-refractivity contribution < 1.29 is 14.3 Å². The fourth-order valence-electron chi connectivity index (χ4n) is 2.71.